The molecule has 0 fully saturated rings. The monoisotopic (exact) mass is 271 g/mol. The Hall–Kier alpha value is -1.61. The number of benzene rings is 1. The molecule has 0 atom stereocenters. The molecule has 0 aliphatic carbocycles. The zero-order valence-corrected chi connectivity index (χ0v) is 13.0. The van der Waals surface area contributed by atoms with Crippen molar-refractivity contribution in [3.05, 3.63) is 47.8 Å². The third kappa shape index (κ3) is 4.20. The Morgan fingerprint density at radius 2 is 1.95 bits per heavy atom. The quantitative estimate of drug-likeness (QED) is 0.844. The van der Waals surface area contributed by atoms with Crippen LogP contribution in [0.5, 0.6) is 0 Å². The molecule has 1 N–H and O–H groups in total. The molecule has 0 aliphatic heterocycles. The molecule has 0 aliphatic rings. The molecule has 0 amide bonds. The maximum Gasteiger partial charge on any atom is 0.0674 e. The van der Waals surface area contributed by atoms with Gasteiger partial charge in [-0.1, -0.05) is 18.2 Å². The summed E-state index contributed by atoms with van der Waals surface area (Å²) >= 11 is 0. The van der Waals surface area contributed by atoms with E-state index in [1.807, 2.05) is 10.9 Å². The fraction of sp³-hybridized carbons (Fsp3) is 0.471. The van der Waals surface area contributed by atoms with Crippen LogP contribution in [0.25, 0.3) is 5.69 Å². The van der Waals surface area contributed by atoms with Crippen molar-refractivity contribution in [3.8, 4) is 5.69 Å². The summed E-state index contributed by atoms with van der Waals surface area (Å²) in [5.41, 5.74) is 3.90. The Balaban J connectivity index is 1.92. The van der Waals surface area contributed by atoms with Gasteiger partial charge in [-0.25, -0.2) is 4.68 Å². The summed E-state index contributed by atoms with van der Waals surface area (Å²) in [6, 6.07) is 8.33. The van der Waals surface area contributed by atoms with Crippen LogP contribution >= 0.6 is 0 Å². The lowest BCUT2D eigenvalue weighted by atomic mass is 10.1. The van der Waals surface area contributed by atoms with E-state index in [1.54, 1.807) is 0 Å². The molecular weight excluding hydrogens is 246 g/mol. The van der Waals surface area contributed by atoms with Gasteiger partial charge in [-0.3, -0.25) is 0 Å². The van der Waals surface area contributed by atoms with Crippen LogP contribution < -0.4 is 5.32 Å². The third-order valence-electron chi connectivity index (χ3n) is 3.30. The lowest BCUT2D eigenvalue weighted by molar-refractivity contribution is 0.422. The minimum absolute atomic E-state index is 0.200. The Labute approximate surface area is 122 Å². The fourth-order valence-electron chi connectivity index (χ4n) is 2.20. The SMILES string of the molecule is Cc1ccccc1-n1cc(CCCNC(C)(C)C)cn1. The summed E-state index contributed by atoms with van der Waals surface area (Å²) in [7, 11) is 0. The van der Waals surface area contributed by atoms with Gasteiger partial charge in [0.15, 0.2) is 0 Å². The molecule has 20 heavy (non-hydrogen) atoms. The van der Waals surface area contributed by atoms with Crippen LogP contribution in [0.15, 0.2) is 36.7 Å². The number of hydrogen-bond donors (Lipinski definition) is 1. The predicted molar refractivity (Wildman–Crippen MR) is 84.4 cm³/mol. The van der Waals surface area contributed by atoms with Crippen molar-refractivity contribution in [1.29, 1.82) is 0 Å². The lowest BCUT2D eigenvalue weighted by Crippen LogP contribution is -2.36. The second-order valence-electron chi connectivity index (χ2n) is 6.36. The molecule has 0 saturated carbocycles. The van der Waals surface area contributed by atoms with Gasteiger partial charge >= 0.3 is 0 Å². The van der Waals surface area contributed by atoms with E-state index >= 15 is 0 Å². The maximum absolute atomic E-state index is 4.47. The van der Waals surface area contributed by atoms with E-state index in [0.29, 0.717) is 0 Å². The van der Waals surface area contributed by atoms with Crippen molar-refractivity contribution in [2.24, 2.45) is 0 Å². The number of nitrogens with one attached hydrogen (secondary N) is 1. The summed E-state index contributed by atoms with van der Waals surface area (Å²) in [4.78, 5) is 0. The zero-order chi connectivity index (χ0) is 14.6. The van der Waals surface area contributed by atoms with Crippen LogP contribution in [-0.4, -0.2) is 21.9 Å². The standard InChI is InChI=1S/C17H25N3/c1-14-8-5-6-10-16(14)20-13-15(12-19-20)9-7-11-18-17(2,3)4/h5-6,8,10,12-13,18H,7,9,11H2,1-4H3. The molecule has 0 bridgehead atoms. The lowest BCUT2D eigenvalue weighted by Gasteiger charge is -2.20. The highest BCUT2D eigenvalue weighted by Gasteiger charge is 2.08. The molecule has 2 aromatic rings. The summed E-state index contributed by atoms with van der Waals surface area (Å²) in [6.45, 7) is 9.75. The zero-order valence-electron chi connectivity index (χ0n) is 13.0. The Morgan fingerprint density at radius 1 is 1.20 bits per heavy atom. The molecule has 1 aromatic heterocycles. The highest BCUT2D eigenvalue weighted by atomic mass is 15.3. The van der Waals surface area contributed by atoms with E-state index < -0.39 is 0 Å². The first-order valence-electron chi connectivity index (χ1n) is 7.30. The van der Waals surface area contributed by atoms with E-state index in [-0.39, 0.29) is 5.54 Å². The number of rotatable bonds is 5. The van der Waals surface area contributed by atoms with Crippen molar-refractivity contribution >= 4 is 0 Å². The van der Waals surface area contributed by atoms with E-state index in [2.05, 4.69) is 68.6 Å². The molecular formula is C17H25N3. The van der Waals surface area contributed by atoms with Crippen LogP contribution in [-0.2, 0) is 6.42 Å². The van der Waals surface area contributed by atoms with Crippen LogP contribution in [0.3, 0.4) is 0 Å². The van der Waals surface area contributed by atoms with Crippen molar-refractivity contribution in [1.82, 2.24) is 15.1 Å². The first-order valence-corrected chi connectivity index (χ1v) is 7.30. The topological polar surface area (TPSA) is 29.9 Å². The Kier molecular flexibility index (Phi) is 4.61. The van der Waals surface area contributed by atoms with Gasteiger partial charge in [0.2, 0.25) is 0 Å². The van der Waals surface area contributed by atoms with Crippen molar-refractivity contribution in [3.63, 3.8) is 0 Å². The predicted octanol–water partition coefficient (Wildman–Crippen LogP) is 3.50. The van der Waals surface area contributed by atoms with Gasteiger partial charge in [-0.15, -0.1) is 0 Å². The van der Waals surface area contributed by atoms with Crippen molar-refractivity contribution in [2.45, 2.75) is 46.1 Å². The smallest absolute Gasteiger partial charge is 0.0674 e. The summed E-state index contributed by atoms with van der Waals surface area (Å²) in [5, 5.41) is 7.98. The number of nitrogens with zero attached hydrogens (tertiary/aromatic N) is 2. The molecule has 0 unspecified atom stereocenters. The average molecular weight is 271 g/mol. The molecule has 0 radical (unpaired) electrons. The Morgan fingerprint density at radius 3 is 2.65 bits per heavy atom. The number of aryl methyl sites for hydroxylation is 2. The second kappa shape index (κ2) is 6.23. The first kappa shape index (κ1) is 14.8. The number of hydrogen-bond acceptors (Lipinski definition) is 2. The second-order valence-corrected chi connectivity index (χ2v) is 6.36. The van der Waals surface area contributed by atoms with Gasteiger partial charge in [0.25, 0.3) is 0 Å². The van der Waals surface area contributed by atoms with E-state index in [9.17, 15) is 0 Å². The highest BCUT2D eigenvalue weighted by molar-refractivity contribution is 5.39. The minimum Gasteiger partial charge on any atom is -0.312 e. The van der Waals surface area contributed by atoms with Gasteiger partial charge < -0.3 is 5.32 Å². The van der Waals surface area contributed by atoms with E-state index in [0.717, 1.165) is 25.1 Å². The third-order valence-corrected chi connectivity index (χ3v) is 3.30. The average Bonchev–Trinajstić information content (AvgIpc) is 2.83. The van der Waals surface area contributed by atoms with Gasteiger partial charge in [-0.2, -0.15) is 5.10 Å². The molecule has 108 valence electrons. The largest absolute Gasteiger partial charge is 0.312 e. The summed E-state index contributed by atoms with van der Waals surface area (Å²) in [6.07, 6.45) is 6.31. The Bertz CT molecular complexity index is 549. The van der Waals surface area contributed by atoms with Crippen LogP contribution in [0.1, 0.15) is 38.3 Å². The molecule has 3 heteroatoms. The molecule has 1 heterocycles. The minimum atomic E-state index is 0.200. The molecule has 0 saturated heterocycles. The van der Waals surface area contributed by atoms with Crippen molar-refractivity contribution in [2.75, 3.05) is 6.54 Å². The van der Waals surface area contributed by atoms with Crippen LogP contribution in [0, 0.1) is 6.92 Å². The maximum atomic E-state index is 4.47. The normalized spacial score (nSPS) is 11.8. The molecule has 2 rings (SSSR count). The summed E-state index contributed by atoms with van der Waals surface area (Å²) < 4.78 is 1.97. The molecule has 1 aromatic carbocycles. The van der Waals surface area contributed by atoms with Gasteiger partial charge in [-0.05, 0) is 64.3 Å². The molecule has 3 nitrogen and oxygen atoms in total. The first-order chi connectivity index (χ1) is 9.46. The van der Waals surface area contributed by atoms with Crippen molar-refractivity contribution < 1.29 is 0 Å². The van der Waals surface area contributed by atoms with Gasteiger partial charge in [0, 0.05) is 11.7 Å². The fourth-order valence-corrected chi connectivity index (χ4v) is 2.20. The van der Waals surface area contributed by atoms with E-state index in [4.69, 9.17) is 0 Å². The molecule has 0 spiro atoms. The number of aromatic nitrogens is 2. The summed E-state index contributed by atoms with van der Waals surface area (Å²) in [5.74, 6) is 0. The van der Waals surface area contributed by atoms with Gasteiger partial charge in [0.1, 0.15) is 0 Å². The van der Waals surface area contributed by atoms with E-state index in [1.165, 1.54) is 11.1 Å². The highest BCUT2D eigenvalue weighted by Crippen LogP contribution is 2.13. The number of para-hydroxylation sites is 1. The van der Waals surface area contributed by atoms with Crippen LogP contribution in [0.2, 0.25) is 0 Å². The van der Waals surface area contributed by atoms with Crippen LogP contribution in [0.4, 0.5) is 0 Å². The van der Waals surface area contributed by atoms with Gasteiger partial charge in [0.05, 0.1) is 11.9 Å².